The predicted molar refractivity (Wildman–Crippen MR) is 108 cm³/mol. The Kier molecular flexibility index (Phi) is 6.22. The smallest absolute Gasteiger partial charge is 0.322 e. The van der Waals surface area contributed by atoms with Gasteiger partial charge < -0.3 is 14.8 Å². The van der Waals surface area contributed by atoms with Crippen LogP contribution in [0.25, 0.3) is 0 Å². The molecule has 0 saturated carbocycles. The Labute approximate surface area is 164 Å². The summed E-state index contributed by atoms with van der Waals surface area (Å²) in [5.41, 5.74) is 3.34. The van der Waals surface area contributed by atoms with E-state index >= 15 is 0 Å². The van der Waals surface area contributed by atoms with Crippen LogP contribution >= 0.6 is 0 Å². The van der Waals surface area contributed by atoms with Gasteiger partial charge in [0.25, 0.3) is 5.91 Å². The van der Waals surface area contributed by atoms with E-state index in [4.69, 9.17) is 9.47 Å². The van der Waals surface area contributed by atoms with Crippen LogP contribution in [0.1, 0.15) is 23.9 Å². The highest BCUT2D eigenvalue weighted by Gasteiger charge is 2.08. The predicted octanol–water partition coefficient (Wildman–Crippen LogP) is 4.47. The second-order valence-electron chi connectivity index (χ2n) is 6.36. The third-order valence-corrected chi connectivity index (χ3v) is 4.00. The van der Waals surface area contributed by atoms with Crippen LogP contribution in [0.5, 0.6) is 17.5 Å². The number of rotatable bonds is 7. The van der Waals surface area contributed by atoms with Crippen molar-refractivity contribution in [3.63, 3.8) is 0 Å². The molecule has 6 heteroatoms. The molecule has 0 fully saturated rings. The molecule has 144 valence electrons. The zero-order valence-corrected chi connectivity index (χ0v) is 16.2. The fraction of sp³-hybridized carbons (Fsp3) is 0.227. The number of carbonyl (C=O) groups excluding carboxylic acids is 1. The summed E-state index contributed by atoms with van der Waals surface area (Å²) >= 11 is 0. The molecule has 0 aliphatic heterocycles. The Balaban J connectivity index is 1.61. The molecule has 0 saturated heterocycles. The standard InChI is InChI=1S/C22H23N3O3/c1-4-17-8-5-6-11-20(17)27-14-21(26)25-18-9-7-10-19(13-18)28-22-23-15(2)12-16(3)24-22/h5-13H,4,14H2,1-3H3,(H,25,26). The highest BCUT2D eigenvalue weighted by atomic mass is 16.5. The maximum absolute atomic E-state index is 12.2. The van der Waals surface area contributed by atoms with Crippen LogP contribution in [0.3, 0.4) is 0 Å². The van der Waals surface area contributed by atoms with Crippen molar-refractivity contribution in [1.29, 1.82) is 0 Å². The Hall–Kier alpha value is -3.41. The van der Waals surface area contributed by atoms with Crippen LogP contribution in [0, 0.1) is 13.8 Å². The first kappa shape index (κ1) is 19.4. The minimum absolute atomic E-state index is 0.0672. The molecule has 3 aromatic rings. The highest BCUT2D eigenvalue weighted by molar-refractivity contribution is 5.92. The van der Waals surface area contributed by atoms with Crippen molar-refractivity contribution in [1.82, 2.24) is 9.97 Å². The number of benzene rings is 2. The van der Waals surface area contributed by atoms with Gasteiger partial charge >= 0.3 is 6.01 Å². The molecule has 0 spiro atoms. The van der Waals surface area contributed by atoms with E-state index in [1.54, 1.807) is 24.3 Å². The van der Waals surface area contributed by atoms with Gasteiger partial charge in [-0.3, -0.25) is 4.79 Å². The zero-order valence-electron chi connectivity index (χ0n) is 16.2. The van der Waals surface area contributed by atoms with Crippen LogP contribution < -0.4 is 14.8 Å². The van der Waals surface area contributed by atoms with E-state index in [1.165, 1.54) is 0 Å². The minimum atomic E-state index is -0.245. The Morgan fingerprint density at radius 1 is 1.00 bits per heavy atom. The van der Waals surface area contributed by atoms with Crippen molar-refractivity contribution in [3.05, 3.63) is 71.5 Å². The highest BCUT2D eigenvalue weighted by Crippen LogP contribution is 2.22. The molecule has 1 aromatic heterocycles. The monoisotopic (exact) mass is 377 g/mol. The van der Waals surface area contributed by atoms with Crippen LogP contribution in [0.4, 0.5) is 5.69 Å². The molecule has 28 heavy (non-hydrogen) atoms. The first-order valence-corrected chi connectivity index (χ1v) is 9.14. The fourth-order valence-corrected chi connectivity index (χ4v) is 2.76. The van der Waals surface area contributed by atoms with E-state index in [0.717, 1.165) is 29.1 Å². The summed E-state index contributed by atoms with van der Waals surface area (Å²) in [5, 5.41) is 2.81. The molecule has 0 aliphatic rings. The van der Waals surface area contributed by atoms with Crippen LogP contribution in [-0.4, -0.2) is 22.5 Å². The number of amides is 1. The summed E-state index contributed by atoms with van der Waals surface area (Å²) in [6.07, 6.45) is 0.845. The van der Waals surface area contributed by atoms with Gasteiger partial charge in [0.15, 0.2) is 6.61 Å². The summed E-state index contributed by atoms with van der Waals surface area (Å²) in [7, 11) is 0. The molecule has 0 unspecified atom stereocenters. The van der Waals surface area contributed by atoms with Crippen LogP contribution in [0.15, 0.2) is 54.6 Å². The van der Waals surface area contributed by atoms with Gasteiger partial charge in [-0.25, -0.2) is 9.97 Å². The van der Waals surface area contributed by atoms with Gasteiger partial charge in [-0.05, 0) is 50.1 Å². The topological polar surface area (TPSA) is 73.3 Å². The van der Waals surface area contributed by atoms with E-state index in [2.05, 4.69) is 15.3 Å². The molecule has 0 radical (unpaired) electrons. The zero-order chi connectivity index (χ0) is 19.9. The van der Waals surface area contributed by atoms with Crippen molar-refractivity contribution < 1.29 is 14.3 Å². The molecular weight excluding hydrogens is 354 g/mol. The van der Waals surface area contributed by atoms with Gasteiger partial charge in [-0.2, -0.15) is 0 Å². The number of nitrogens with zero attached hydrogens (tertiary/aromatic N) is 2. The lowest BCUT2D eigenvalue weighted by Crippen LogP contribution is -2.20. The first-order valence-electron chi connectivity index (χ1n) is 9.14. The molecule has 6 nitrogen and oxygen atoms in total. The number of hydrogen-bond acceptors (Lipinski definition) is 5. The fourth-order valence-electron chi connectivity index (χ4n) is 2.76. The number of hydrogen-bond donors (Lipinski definition) is 1. The van der Waals surface area contributed by atoms with Gasteiger partial charge in [-0.15, -0.1) is 0 Å². The van der Waals surface area contributed by atoms with E-state index in [9.17, 15) is 4.79 Å². The van der Waals surface area contributed by atoms with Gasteiger partial charge in [0.1, 0.15) is 11.5 Å². The molecule has 0 atom stereocenters. The average Bonchev–Trinajstić information content (AvgIpc) is 2.66. The number of carbonyl (C=O) groups is 1. The second-order valence-corrected chi connectivity index (χ2v) is 6.36. The summed E-state index contributed by atoms with van der Waals surface area (Å²) in [5.74, 6) is 1.02. The van der Waals surface area contributed by atoms with Gasteiger partial charge in [0, 0.05) is 23.1 Å². The quantitative estimate of drug-likeness (QED) is 0.658. The summed E-state index contributed by atoms with van der Waals surface area (Å²) in [6, 6.07) is 16.9. The van der Waals surface area contributed by atoms with Crippen molar-refractivity contribution in [2.45, 2.75) is 27.2 Å². The maximum Gasteiger partial charge on any atom is 0.322 e. The number of para-hydroxylation sites is 1. The lowest BCUT2D eigenvalue weighted by molar-refractivity contribution is -0.118. The number of ether oxygens (including phenoxy) is 2. The van der Waals surface area contributed by atoms with Crippen molar-refractivity contribution in [2.24, 2.45) is 0 Å². The Morgan fingerprint density at radius 2 is 1.75 bits per heavy atom. The van der Waals surface area contributed by atoms with Crippen LogP contribution in [-0.2, 0) is 11.2 Å². The van der Waals surface area contributed by atoms with Gasteiger partial charge in [-0.1, -0.05) is 31.2 Å². The lowest BCUT2D eigenvalue weighted by atomic mass is 10.1. The third kappa shape index (κ3) is 5.30. The molecule has 1 amide bonds. The molecular formula is C22H23N3O3. The van der Waals surface area contributed by atoms with Crippen molar-refractivity contribution in [3.8, 4) is 17.5 Å². The summed E-state index contributed by atoms with van der Waals surface area (Å²) < 4.78 is 11.4. The molecule has 3 rings (SSSR count). The number of aryl methyl sites for hydroxylation is 3. The van der Waals surface area contributed by atoms with E-state index in [-0.39, 0.29) is 18.5 Å². The normalized spacial score (nSPS) is 10.4. The second kappa shape index (κ2) is 8.99. The molecule has 1 N–H and O–H groups in total. The number of nitrogens with one attached hydrogen (secondary N) is 1. The third-order valence-electron chi connectivity index (χ3n) is 4.00. The molecule has 2 aromatic carbocycles. The van der Waals surface area contributed by atoms with Crippen molar-refractivity contribution in [2.75, 3.05) is 11.9 Å². The van der Waals surface area contributed by atoms with Gasteiger partial charge in [0.2, 0.25) is 0 Å². The van der Waals surface area contributed by atoms with E-state index in [0.29, 0.717) is 11.4 Å². The first-order chi connectivity index (χ1) is 13.5. The van der Waals surface area contributed by atoms with E-state index in [1.807, 2.05) is 51.1 Å². The molecule has 1 heterocycles. The Bertz CT molecular complexity index is 952. The average molecular weight is 377 g/mol. The lowest BCUT2D eigenvalue weighted by Gasteiger charge is -2.11. The molecule has 0 bridgehead atoms. The maximum atomic E-state index is 12.2. The van der Waals surface area contributed by atoms with Crippen molar-refractivity contribution >= 4 is 11.6 Å². The SMILES string of the molecule is CCc1ccccc1OCC(=O)Nc1cccc(Oc2nc(C)cc(C)n2)c1. The molecule has 0 aliphatic carbocycles. The van der Waals surface area contributed by atoms with Crippen LogP contribution in [0.2, 0.25) is 0 Å². The largest absolute Gasteiger partial charge is 0.483 e. The number of aromatic nitrogens is 2. The summed E-state index contributed by atoms with van der Waals surface area (Å²) in [6.45, 7) is 5.75. The Morgan fingerprint density at radius 3 is 2.50 bits per heavy atom. The minimum Gasteiger partial charge on any atom is -0.483 e. The number of anilines is 1. The summed E-state index contributed by atoms with van der Waals surface area (Å²) in [4.78, 5) is 20.8. The van der Waals surface area contributed by atoms with E-state index < -0.39 is 0 Å². The van der Waals surface area contributed by atoms with Gasteiger partial charge in [0.05, 0.1) is 0 Å².